The first-order valence-electron chi connectivity index (χ1n) is 31.2. The Morgan fingerprint density at radius 1 is 0.750 bits per heavy atom. The Balaban J connectivity index is 0.000000190. The number of amides is 6. The molecule has 4 aromatic rings. The van der Waals surface area contributed by atoms with E-state index in [9.17, 15) is 47.2 Å². The van der Waals surface area contributed by atoms with E-state index >= 15 is 0 Å². The monoisotopic (exact) mass is 1220 g/mol. The zero-order valence-corrected chi connectivity index (χ0v) is 51.8. The van der Waals surface area contributed by atoms with Gasteiger partial charge in [0.25, 0.3) is 29.5 Å². The topological polar surface area (TPSA) is 273 Å². The van der Waals surface area contributed by atoms with Crippen LogP contribution in [0.2, 0.25) is 0 Å². The Morgan fingerprint density at radius 2 is 1.33 bits per heavy atom. The summed E-state index contributed by atoms with van der Waals surface area (Å²) in [7, 11) is 0. The van der Waals surface area contributed by atoms with Crippen molar-refractivity contribution in [3.05, 3.63) is 75.4 Å². The van der Waals surface area contributed by atoms with Gasteiger partial charge in [-0.2, -0.15) is 33.7 Å². The van der Waals surface area contributed by atoms with Gasteiger partial charge in [-0.3, -0.25) is 43.2 Å². The number of carbonyl (C=O) groups is 6. The van der Waals surface area contributed by atoms with Gasteiger partial charge in [0.1, 0.15) is 29.4 Å². The van der Waals surface area contributed by atoms with Crippen molar-refractivity contribution in [1.82, 2.24) is 44.5 Å². The third-order valence-electron chi connectivity index (χ3n) is 17.6. The van der Waals surface area contributed by atoms with Crippen LogP contribution >= 0.6 is 0 Å². The van der Waals surface area contributed by atoms with Crippen molar-refractivity contribution in [3.63, 3.8) is 0 Å². The highest BCUT2D eigenvalue weighted by Crippen LogP contribution is 2.50. The van der Waals surface area contributed by atoms with E-state index < -0.39 is 41.6 Å². The molecular weight excluding hydrogens is 1140 g/mol. The molecule has 0 bridgehead atoms. The molecule has 6 amide bonds. The molecule has 9 heterocycles. The average molecular weight is 1220 g/mol. The van der Waals surface area contributed by atoms with Crippen LogP contribution in [0.5, 0.6) is 0 Å². The van der Waals surface area contributed by atoms with Crippen LogP contribution in [-0.4, -0.2) is 145 Å². The van der Waals surface area contributed by atoms with E-state index in [-0.39, 0.29) is 71.0 Å². The summed E-state index contributed by atoms with van der Waals surface area (Å²) in [5.74, 6) is -1.17. The molecule has 8 aliphatic rings. The molecule has 4 atom stereocenters. The number of ether oxygens (including phenoxy) is 2. The number of hydrogen-bond acceptors (Lipinski definition) is 13. The normalized spacial score (nSPS) is 22.0. The summed E-state index contributed by atoms with van der Waals surface area (Å²) >= 11 is 0. The summed E-state index contributed by atoms with van der Waals surface area (Å²) in [5.41, 5.74) is 7.38. The number of alkyl halides is 3. The molecule has 3 N–H and O–H groups in total. The second kappa shape index (κ2) is 28.7. The van der Waals surface area contributed by atoms with Crippen LogP contribution < -0.4 is 20.9 Å². The van der Waals surface area contributed by atoms with Gasteiger partial charge >= 0.3 is 6.18 Å². The zero-order valence-electron chi connectivity index (χ0n) is 51.8. The Morgan fingerprint density at radius 3 is 1.83 bits per heavy atom. The van der Waals surface area contributed by atoms with Gasteiger partial charge in [0.05, 0.1) is 29.3 Å². The number of nitriles is 2. The van der Waals surface area contributed by atoms with Crippen molar-refractivity contribution in [1.29, 1.82) is 10.5 Å². The SMILES string of the molecule is C#N.C1CC1.CCN1C(=O)C(NC(=O)c2cccc(C(F)(F)F)c2)C(C2CCC2)c2c(C(=O)N3CCCC3C#N)nn(C3CCOCC3)c21.CCN1C(=O)CCc2c(C(=O)N3CCCC3C)nn(C3CCOCC3)c21.Cc1cc(C(N)=O)nn1C(C)(C)C. The lowest BCUT2D eigenvalue weighted by atomic mass is 9.68. The van der Waals surface area contributed by atoms with Crippen molar-refractivity contribution in [2.45, 2.75) is 199 Å². The van der Waals surface area contributed by atoms with Crippen molar-refractivity contribution in [2.24, 2.45) is 11.7 Å². The van der Waals surface area contributed by atoms with E-state index in [1.54, 1.807) is 22.4 Å². The number of hydrogen-bond donors (Lipinski definition) is 2. The first-order chi connectivity index (χ1) is 42.1. The molecule has 1 aromatic carbocycles. The molecule has 476 valence electrons. The van der Waals surface area contributed by atoms with E-state index in [1.807, 2.05) is 49.1 Å². The van der Waals surface area contributed by atoms with Crippen LogP contribution in [0.4, 0.5) is 24.8 Å². The summed E-state index contributed by atoms with van der Waals surface area (Å²) < 4.78 is 56.9. The Labute approximate surface area is 512 Å². The molecule has 0 spiro atoms. The Hall–Kier alpha value is -7.64. The van der Waals surface area contributed by atoms with Gasteiger partial charge in [0.15, 0.2) is 11.4 Å². The lowest BCUT2D eigenvalue weighted by Gasteiger charge is -2.44. The fraction of sp³-hybridized carbons (Fsp3) is 0.635. The maximum atomic E-state index is 14.3. The van der Waals surface area contributed by atoms with E-state index in [0.717, 1.165) is 86.8 Å². The lowest BCUT2D eigenvalue weighted by molar-refractivity contribution is -0.137. The van der Waals surface area contributed by atoms with Crippen molar-refractivity contribution >= 4 is 47.1 Å². The van der Waals surface area contributed by atoms with E-state index in [2.05, 4.69) is 30.0 Å². The molecule has 6 aliphatic heterocycles. The van der Waals surface area contributed by atoms with Crippen LogP contribution in [0.15, 0.2) is 30.3 Å². The Kier molecular flexibility index (Phi) is 21.6. The molecule has 6 fully saturated rings. The van der Waals surface area contributed by atoms with Crippen LogP contribution in [0.3, 0.4) is 0 Å². The smallest absolute Gasteiger partial charge is 0.381 e. The quantitative estimate of drug-likeness (QED) is 0.150. The molecule has 88 heavy (non-hydrogen) atoms. The number of likely N-dealkylation sites (tertiary alicyclic amines) is 2. The number of fused-ring (bicyclic) bond motifs is 2. The number of likely N-dealkylation sites (N-methyl/N-ethyl adjacent to an activating group) is 1. The molecule has 25 heteroatoms. The highest BCUT2D eigenvalue weighted by atomic mass is 19.4. The summed E-state index contributed by atoms with van der Waals surface area (Å²) in [4.78, 5) is 85.3. The summed E-state index contributed by atoms with van der Waals surface area (Å²) in [5, 5.41) is 32.8. The maximum absolute atomic E-state index is 14.3. The second-order valence-corrected chi connectivity index (χ2v) is 24.7. The molecule has 12 rings (SSSR count). The van der Waals surface area contributed by atoms with Gasteiger partial charge in [-0.15, -0.1) is 0 Å². The second-order valence-electron chi connectivity index (χ2n) is 24.7. The van der Waals surface area contributed by atoms with Crippen LogP contribution in [0.25, 0.3) is 0 Å². The van der Waals surface area contributed by atoms with Crippen molar-refractivity contribution in [2.75, 3.05) is 62.4 Å². The van der Waals surface area contributed by atoms with Crippen LogP contribution in [0, 0.1) is 36.0 Å². The first kappa shape index (κ1) is 66.3. The molecule has 2 saturated carbocycles. The fourth-order valence-corrected chi connectivity index (χ4v) is 12.8. The molecular formula is C63H85F3N14O8. The van der Waals surface area contributed by atoms with E-state index in [0.29, 0.717) is 101 Å². The first-order valence-corrected chi connectivity index (χ1v) is 31.2. The van der Waals surface area contributed by atoms with Crippen LogP contribution in [0.1, 0.15) is 220 Å². The fourth-order valence-electron chi connectivity index (χ4n) is 12.8. The van der Waals surface area contributed by atoms with Gasteiger partial charge in [-0.05, 0) is 149 Å². The predicted octanol–water partition coefficient (Wildman–Crippen LogP) is 8.94. The standard InChI is InChI=1S/C31H35F3N6O4.C19H28N4O3.C9H15N3O.C3H6.CHN/c1-2-38-28-24(26(30(43)39-13-5-10-22(39)17-35)37-40(28)21-11-14-44-15-12-21)23(18-6-3-7-18)25(29(38)42)36-27(41)19-8-4-9-20(16-19)31(32,33)34;1-3-21-16(24)7-6-15-17(19(25)22-10-4-5-13(22)2)20-23(18(15)21)14-8-11-26-12-9-14;1-6-5-7(8(10)13)11-12(6)9(2,3)4;1-2-3-1;1-2/h4,8-9,16,18,21-23,25H,2-3,5-7,10-15H2,1H3,(H,36,41);13-14H,3-12H2,1-2H3;5H,1-4H3,(H2,10,13);1-3H2;1H. The van der Waals surface area contributed by atoms with Gasteiger partial charge in [-0.25, -0.2) is 14.6 Å². The number of halogens is 3. The Bertz CT molecular complexity index is 3230. The third kappa shape index (κ3) is 14.4. The molecule has 22 nitrogen and oxygen atoms in total. The largest absolute Gasteiger partial charge is 0.416 e. The molecule has 2 aliphatic carbocycles. The van der Waals surface area contributed by atoms with E-state index in [1.165, 1.54) is 35.1 Å². The zero-order chi connectivity index (χ0) is 63.8. The summed E-state index contributed by atoms with van der Waals surface area (Å²) in [6.07, 6.45) is 9.74. The number of aromatic nitrogens is 6. The molecule has 4 saturated heterocycles. The van der Waals surface area contributed by atoms with E-state index in [4.69, 9.17) is 30.7 Å². The number of carbonyl (C=O) groups excluding carboxylic acids is 6. The minimum Gasteiger partial charge on any atom is -0.381 e. The molecule has 3 aromatic heterocycles. The number of rotatable bonds is 10. The minimum atomic E-state index is -4.63. The average Bonchev–Trinajstić information content (AvgIpc) is 1.54. The molecule has 0 radical (unpaired) electrons. The number of nitrogens with two attached hydrogens (primary N) is 1. The van der Waals surface area contributed by atoms with Crippen molar-refractivity contribution < 1.29 is 51.4 Å². The number of benzene rings is 1. The van der Waals surface area contributed by atoms with Crippen molar-refractivity contribution in [3.8, 4) is 12.6 Å². The van der Waals surface area contributed by atoms with Crippen LogP contribution in [-0.2, 0) is 37.2 Å². The number of aryl methyl sites for hydroxylation is 1. The number of nitrogens with one attached hydrogen (secondary N) is 1. The maximum Gasteiger partial charge on any atom is 0.416 e. The molecule has 4 unspecified atom stereocenters. The third-order valence-corrected chi connectivity index (χ3v) is 17.6. The summed E-state index contributed by atoms with van der Waals surface area (Å²) in [6, 6.07) is 6.67. The van der Waals surface area contributed by atoms with Gasteiger partial charge < -0.3 is 30.3 Å². The van der Waals surface area contributed by atoms with Gasteiger partial charge in [-0.1, -0.05) is 31.7 Å². The minimum absolute atomic E-state index is 0.0301. The van der Waals surface area contributed by atoms with Gasteiger partial charge in [0, 0.05) is 99.9 Å². The lowest BCUT2D eigenvalue weighted by Crippen LogP contribution is -2.57. The number of primary amides is 1. The predicted molar refractivity (Wildman–Crippen MR) is 320 cm³/mol. The number of anilines is 2. The highest BCUT2D eigenvalue weighted by Gasteiger charge is 2.52. The number of nitrogens with zero attached hydrogens (tertiary/aromatic N) is 12. The van der Waals surface area contributed by atoms with Gasteiger partial charge in [0.2, 0.25) is 5.91 Å². The summed E-state index contributed by atoms with van der Waals surface area (Å²) in [6.45, 7) is 21.8. The highest BCUT2D eigenvalue weighted by molar-refractivity contribution is 6.07.